The number of amides is 1. The summed E-state index contributed by atoms with van der Waals surface area (Å²) in [5.74, 6) is 1.61. The topological polar surface area (TPSA) is 41.9 Å². The van der Waals surface area contributed by atoms with E-state index in [9.17, 15) is 4.79 Å². The van der Waals surface area contributed by atoms with Gasteiger partial charge in [-0.1, -0.05) is 24.8 Å². The molecule has 0 fully saturated rings. The van der Waals surface area contributed by atoms with E-state index in [1.54, 1.807) is 35.9 Å². The van der Waals surface area contributed by atoms with Crippen LogP contribution in [0.4, 0.5) is 0 Å². The van der Waals surface area contributed by atoms with Crippen molar-refractivity contribution in [2.24, 2.45) is 4.99 Å². The molecule has 0 aromatic heterocycles. The summed E-state index contributed by atoms with van der Waals surface area (Å²) in [4.78, 5) is 18.5. The van der Waals surface area contributed by atoms with E-state index in [-0.39, 0.29) is 5.91 Å². The van der Waals surface area contributed by atoms with Gasteiger partial charge in [0.15, 0.2) is 5.17 Å². The second-order valence-electron chi connectivity index (χ2n) is 3.79. The van der Waals surface area contributed by atoms with Crippen LogP contribution in [0.5, 0.6) is 5.75 Å². The van der Waals surface area contributed by atoms with E-state index in [4.69, 9.17) is 4.74 Å². The molecule has 1 aromatic carbocycles. The molecule has 0 saturated heterocycles. The van der Waals surface area contributed by atoms with Crippen molar-refractivity contribution in [3.05, 3.63) is 29.8 Å². The van der Waals surface area contributed by atoms with Crippen molar-refractivity contribution in [2.45, 2.75) is 6.92 Å². The van der Waals surface area contributed by atoms with Crippen molar-refractivity contribution >= 4 is 22.8 Å². The molecule has 0 aliphatic carbocycles. The molecule has 96 valence electrons. The van der Waals surface area contributed by atoms with Gasteiger partial charge in [-0.15, -0.1) is 0 Å². The first kappa shape index (κ1) is 13.0. The number of rotatable bonds is 3. The highest BCUT2D eigenvalue weighted by atomic mass is 32.2. The molecule has 0 radical (unpaired) electrons. The van der Waals surface area contributed by atoms with Gasteiger partial charge in [-0.2, -0.15) is 0 Å². The fourth-order valence-corrected chi connectivity index (χ4v) is 2.55. The molecule has 0 spiro atoms. The number of methoxy groups -OCH3 is 1. The molecule has 2 rings (SSSR count). The maximum Gasteiger partial charge on any atom is 0.260 e. The molecule has 0 saturated carbocycles. The number of amidine groups is 1. The average Bonchev–Trinajstić information content (AvgIpc) is 2.86. The van der Waals surface area contributed by atoms with Crippen molar-refractivity contribution in [1.29, 1.82) is 0 Å². The minimum Gasteiger partial charge on any atom is -0.497 e. The zero-order chi connectivity index (χ0) is 13.0. The van der Waals surface area contributed by atoms with Crippen LogP contribution >= 0.6 is 11.8 Å². The highest BCUT2D eigenvalue weighted by molar-refractivity contribution is 8.13. The molecular formula is C13H16N2O2S. The van der Waals surface area contributed by atoms with Gasteiger partial charge in [0.1, 0.15) is 5.75 Å². The maximum atomic E-state index is 12.4. The lowest BCUT2D eigenvalue weighted by Crippen LogP contribution is -2.32. The Morgan fingerprint density at radius 2 is 2.39 bits per heavy atom. The SMILES string of the molecule is CCSC1=NCCN1C(=O)c1cccc(OC)c1. The first-order chi connectivity index (χ1) is 8.76. The molecule has 4 nitrogen and oxygen atoms in total. The third-order valence-corrected chi connectivity index (χ3v) is 3.53. The minimum absolute atomic E-state index is 0.00824. The maximum absolute atomic E-state index is 12.4. The quantitative estimate of drug-likeness (QED) is 0.841. The first-order valence-corrected chi connectivity index (χ1v) is 6.88. The third-order valence-electron chi connectivity index (χ3n) is 2.64. The van der Waals surface area contributed by atoms with Gasteiger partial charge in [0.2, 0.25) is 0 Å². The number of ether oxygens (including phenoxy) is 1. The molecule has 0 unspecified atom stereocenters. The summed E-state index contributed by atoms with van der Waals surface area (Å²) in [5.41, 5.74) is 0.639. The number of thioether (sulfide) groups is 1. The fraction of sp³-hybridized carbons (Fsp3) is 0.385. The summed E-state index contributed by atoms with van der Waals surface area (Å²) >= 11 is 1.60. The average molecular weight is 264 g/mol. The zero-order valence-electron chi connectivity index (χ0n) is 10.5. The predicted octanol–water partition coefficient (Wildman–Crippen LogP) is 2.26. The lowest BCUT2D eigenvalue weighted by Gasteiger charge is -2.17. The van der Waals surface area contributed by atoms with Gasteiger partial charge in [0.05, 0.1) is 13.7 Å². The summed E-state index contributed by atoms with van der Waals surface area (Å²) < 4.78 is 5.14. The van der Waals surface area contributed by atoms with Gasteiger partial charge in [-0.05, 0) is 24.0 Å². The Hall–Kier alpha value is -1.49. The molecule has 1 aliphatic rings. The third kappa shape index (κ3) is 2.67. The molecule has 1 aromatic rings. The summed E-state index contributed by atoms with van der Waals surface area (Å²) in [6.07, 6.45) is 0. The standard InChI is InChI=1S/C13H16N2O2S/c1-3-18-13-14-7-8-15(13)12(16)10-5-4-6-11(9-10)17-2/h4-6,9H,3,7-8H2,1-2H3. The highest BCUT2D eigenvalue weighted by Crippen LogP contribution is 2.19. The first-order valence-electron chi connectivity index (χ1n) is 5.89. The predicted molar refractivity (Wildman–Crippen MR) is 74.5 cm³/mol. The summed E-state index contributed by atoms with van der Waals surface area (Å²) in [7, 11) is 1.60. The van der Waals surface area contributed by atoms with E-state index in [1.807, 2.05) is 12.1 Å². The molecular weight excluding hydrogens is 248 g/mol. The van der Waals surface area contributed by atoms with Crippen LogP contribution in [0.2, 0.25) is 0 Å². The molecule has 1 amide bonds. The zero-order valence-corrected chi connectivity index (χ0v) is 11.4. The van der Waals surface area contributed by atoms with Crippen LogP contribution < -0.4 is 4.74 Å². The van der Waals surface area contributed by atoms with Crippen molar-refractivity contribution in [3.8, 4) is 5.75 Å². The molecule has 1 heterocycles. The van der Waals surface area contributed by atoms with Crippen LogP contribution in [0.15, 0.2) is 29.3 Å². The lowest BCUT2D eigenvalue weighted by molar-refractivity contribution is 0.0860. The van der Waals surface area contributed by atoms with Crippen LogP contribution in [-0.4, -0.2) is 41.9 Å². The highest BCUT2D eigenvalue weighted by Gasteiger charge is 2.24. The van der Waals surface area contributed by atoms with E-state index in [0.717, 1.165) is 10.9 Å². The number of benzene rings is 1. The van der Waals surface area contributed by atoms with Gasteiger partial charge >= 0.3 is 0 Å². The number of carbonyl (C=O) groups excluding carboxylic acids is 1. The van der Waals surface area contributed by atoms with Gasteiger partial charge < -0.3 is 4.74 Å². The van der Waals surface area contributed by atoms with Crippen LogP contribution in [0.3, 0.4) is 0 Å². The smallest absolute Gasteiger partial charge is 0.260 e. The second-order valence-corrected chi connectivity index (χ2v) is 5.02. The van der Waals surface area contributed by atoms with E-state index in [0.29, 0.717) is 24.4 Å². The van der Waals surface area contributed by atoms with Gasteiger partial charge in [0.25, 0.3) is 5.91 Å². The minimum atomic E-state index is -0.00824. The second kappa shape index (κ2) is 5.91. The van der Waals surface area contributed by atoms with Crippen molar-refractivity contribution in [2.75, 3.05) is 26.0 Å². The fourth-order valence-electron chi connectivity index (χ4n) is 1.78. The largest absolute Gasteiger partial charge is 0.497 e. The Bertz CT molecular complexity index is 474. The molecule has 0 bridgehead atoms. The monoisotopic (exact) mass is 264 g/mol. The number of aliphatic imine (C=N–C) groups is 1. The Balaban J connectivity index is 2.18. The van der Waals surface area contributed by atoms with Gasteiger partial charge in [-0.3, -0.25) is 14.7 Å². The molecule has 0 N–H and O–H groups in total. The molecule has 5 heteroatoms. The summed E-state index contributed by atoms with van der Waals surface area (Å²) in [5, 5.41) is 0.824. The van der Waals surface area contributed by atoms with E-state index in [2.05, 4.69) is 11.9 Å². The normalized spacial score (nSPS) is 14.6. The van der Waals surface area contributed by atoms with Gasteiger partial charge in [0, 0.05) is 12.1 Å². The Morgan fingerprint density at radius 1 is 1.56 bits per heavy atom. The van der Waals surface area contributed by atoms with Crippen molar-refractivity contribution in [3.63, 3.8) is 0 Å². The van der Waals surface area contributed by atoms with Crippen molar-refractivity contribution in [1.82, 2.24) is 4.90 Å². The number of nitrogens with zero attached hydrogens (tertiary/aromatic N) is 2. The van der Waals surface area contributed by atoms with Crippen LogP contribution in [0, 0.1) is 0 Å². The number of hydrogen-bond acceptors (Lipinski definition) is 4. The van der Waals surface area contributed by atoms with Crippen LogP contribution in [0.1, 0.15) is 17.3 Å². The Kier molecular flexibility index (Phi) is 4.25. The Morgan fingerprint density at radius 3 is 3.11 bits per heavy atom. The van der Waals surface area contributed by atoms with E-state index < -0.39 is 0 Å². The summed E-state index contributed by atoms with van der Waals surface area (Å²) in [6.45, 7) is 3.41. The van der Waals surface area contributed by atoms with Crippen LogP contribution in [-0.2, 0) is 0 Å². The Labute approximate surface area is 111 Å². The van der Waals surface area contributed by atoms with Crippen LogP contribution in [0.25, 0.3) is 0 Å². The summed E-state index contributed by atoms with van der Waals surface area (Å²) in [6, 6.07) is 7.22. The molecule has 1 aliphatic heterocycles. The number of carbonyl (C=O) groups is 1. The van der Waals surface area contributed by atoms with E-state index in [1.165, 1.54) is 0 Å². The lowest BCUT2D eigenvalue weighted by atomic mass is 10.2. The van der Waals surface area contributed by atoms with Gasteiger partial charge in [-0.25, -0.2) is 0 Å². The molecule has 0 atom stereocenters. The van der Waals surface area contributed by atoms with Crippen molar-refractivity contribution < 1.29 is 9.53 Å². The molecule has 18 heavy (non-hydrogen) atoms. The number of hydrogen-bond donors (Lipinski definition) is 0. The van der Waals surface area contributed by atoms with E-state index >= 15 is 0 Å².